The van der Waals surface area contributed by atoms with Crippen molar-refractivity contribution in [2.75, 3.05) is 24.6 Å². The van der Waals surface area contributed by atoms with E-state index in [0.29, 0.717) is 24.9 Å². The van der Waals surface area contributed by atoms with Crippen molar-refractivity contribution < 1.29 is 16.8 Å². The predicted molar refractivity (Wildman–Crippen MR) is 81.0 cm³/mol. The molecule has 1 aliphatic carbocycles. The number of nitrogens with two attached hydrogens (primary N) is 1. The lowest BCUT2D eigenvalue weighted by atomic mass is 9.79. The summed E-state index contributed by atoms with van der Waals surface area (Å²) >= 11 is 0. The Morgan fingerprint density at radius 1 is 0.952 bits per heavy atom. The molecule has 0 amide bonds. The zero-order chi connectivity index (χ0) is 15.3. The minimum atomic E-state index is -3.36. The fraction of sp³-hybridized carbons (Fsp3) is 1.00. The van der Waals surface area contributed by atoms with Crippen LogP contribution in [-0.2, 0) is 19.9 Å². The van der Waals surface area contributed by atoms with Crippen LogP contribution in [0.1, 0.15) is 32.1 Å². The van der Waals surface area contributed by atoms with Crippen LogP contribution >= 0.6 is 0 Å². The average Bonchev–Trinajstić information content (AvgIpc) is 2.81. The number of sulfonamides is 1. The topological polar surface area (TPSA) is 97.5 Å². The first-order valence-corrected chi connectivity index (χ1v) is 11.1. The Labute approximate surface area is 127 Å². The van der Waals surface area contributed by atoms with Crippen molar-refractivity contribution in [1.82, 2.24) is 4.31 Å². The van der Waals surface area contributed by atoms with E-state index in [2.05, 4.69) is 0 Å². The Morgan fingerprint density at radius 3 is 2.24 bits per heavy atom. The van der Waals surface area contributed by atoms with E-state index >= 15 is 0 Å². The first-order chi connectivity index (χ1) is 9.78. The number of nitrogens with zero attached hydrogens (tertiary/aromatic N) is 1. The Hall–Kier alpha value is -0.180. The molecule has 122 valence electrons. The van der Waals surface area contributed by atoms with Crippen molar-refractivity contribution in [1.29, 1.82) is 0 Å². The standard InChI is InChI=1S/C13H24N2O4S2/c14-12-2-1-10-8-15(9-11(10)7-12)21(18,19)13-3-5-20(16,17)6-4-13/h10-13H,1-9,14H2/t10-,11+,12?/m1/s1. The number of hydrogen-bond acceptors (Lipinski definition) is 5. The minimum absolute atomic E-state index is 0.00245. The van der Waals surface area contributed by atoms with Gasteiger partial charge in [-0.15, -0.1) is 0 Å². The normalized spacial score (nSPS) is 38.2. The van der Waals surface area contributed by atoms with E-state index in [-0.39, 0.29) is 30.4 Å². The number of hydrogen-bond donors (Lipinski definition) is 1. The summed E-state index contributed by atoms with van der Waals surface area (Å²) in [4.78, 5) is 0. The van der Waals surface area contributed by atoms with Crippen LogP contribution in [0.3, 0.4) is 0 Å². The molecule has 0 spiro atoms. The Balaban J connectivity index is 1.69. The van der Waals surface area contributed by atoms with Crippen LogP contribution in [0.15, 0.2) is 0 Å². The third kappa shape index (κ3) is 3.13. The van der Waals surface area contributed by atoms with Crippen LogP contribution in [-0.4, -0.2) is 57.0 Å². The van der Waals surface area contributed by atoms with Gasteiger partial charge in [-0.05, 0) is 43.9 Å². The van der Waals surface area contributed by atoms with Gasteiger partial charge in [-0.1, -0.05) is 0 Å². The van der Waals surface area contributed by atoms with E-state index in [1.165, 1.54) is 0 Å². The van der Waals surface area contributed by atoms with Crippen molar-refractivity contribution >= 4 is 19.9 Å². The molecule has 2 aliphatic heterocycles. The SMILES string of the molecule is NC1CC[C@@H]2CN(S(=O)(=O)C3CCS(=O)(=O)CC3)C[C@@H]2C1. The smallest absolute Gasteiger partial charge is 0.217 e. The lowest BCUT2D eigenvalue weighted by Crippen LogP contribution is -2.41. The minimum Gasteiger partial charge on any atom is -0.328 e. The van der Waals surface area contributed by atoms with E-state index in [0.717, 1.165) is 19.3 Å². The highest BCUT2D eigenvalue weighted by Gasteiger charge is 2.44. The number of fused-ring (bicyclic) bond motifs is 1. The molecule has 2 N–H and O–H groups in total. The largest absolute Gasteiger partial charge is 0.328 e. The predicted octanol–water partition coefficient (Wildman–Crippen LogP) is -0.0474. The number of rotatable bonds is 2. The molecule has 6 nitrogen and oxygen atoms in total. The summed E-state index contributed by atoms with van der Waals surface area (Å²) in [5, 5.41) is -0.519. The highest BCUT2D eigenvalue weighted by atomic mass is 32.2. The van der Waals surface area contributed by atoms with Gasteiger partial charge in [0, 0.05) is 19.1 Å². The van der Waals surface area contributed by atoms with Gasteiger partial charge in [0.2, 0.25) is 10.0 Å². The molecule has 0 aromatic heterocycles. The molecule has 1 unspecified atom stereocenters. The Morgan fingerprint density at radius 2 is 1.57 bits per heavy atom. The van der Waals surface area contributed by atoms with E-state index in [1.807, 2.05) is 0 Å². The summed E-state index contributed by atoms with van der Waals surface area (Å²) in [6.07, 6.45) is 3.40. The molecule has 3 fully saturated rings. The first kappa shape index (κ1) is 15.7. The first-order valence-electron chi connectivity index (χ1n) is 7.73. The molecule has 0 radical (unpaired) electrons. The van der Waals surface area contributed by atoms with Crippen molar-refractivity contribution in [2.45, 2.75) is 43.4 Å². The van der Waals surface area contributed by atoms with Crippen molar-refractivity contribution in [3.05, 3.63) is 0 Å². The molecule has 3 rings (SSSR count). The Bertz CT molecular complexity index is 588. The molecule has 0 bridgehead atoms. The number of sulfone groups is 1. The summed E-state index contributed by atoms with van der Waals surface area (Å²) in [7, 11) is -6.39. The second-order valence-corrected chi connectivity index (χ2v) is 11.3. The molecular weight excluding hydrogens is 312 g/mol. The zero-order valence-electron chi connectivity index (χ0n) is 12.1. The summed E-state index contributed by atoms with van der Waals surface area (Å²) < 4.78 is 50.0. The maximum atomic E-state index is 12.7. The molecule has 3 atom stereocenters. The van der Waals surface area contributed by atoms with E-state index in [4.69, 9.17) is 5.73 Å². The lowest BCUT2D eigenvalue weighted by Gasteiger charge is -2.28. The second-order valence-electron chi connectivity index (χ2n) is 6.81. The zero-order valence-corrected chi connectivity index (χ0v) is 13.8. The summed E-state index contributed by atoms with van der Waals surface area (Å²) in [6, 6.07) is 0.203. The fourth-order valence-electron chi connectivity index (χ4n) is 4.01. The monoisotopic (exact) mass is 336 g/mol. The van der Waals surface area contributed by atoms with Crippen LogP contribution in [0, 0.1) is 11.8 Å². The van der Waals surface area contributed by atoms with Gasteiger partial charge in [0.15, 0.2) is 0 Å². The summed E-state index contributed by atoms with van der Waals surface area (Å²) in [6.45, 7) is 1.17. The maximum absolute atomic E-state index is 12.7. The molecule has 0 aromatic carbocycles. The average molecular weight is 336 g/mol. The molecule has 21 heavy (non-hydrogen) atoms. The highest BCUT2D eigenvalue weighted by molar-refractivity contribution is 7.92. The van der Waals surface area contributed by atoms with E-state index in [1.54, 1.807) is 4.31 Å². The van der Waals surface area contributed by atoms with E-state index < -0.39 is 25.1 Å². The van der Waals surface area contributed by atoms with Gasteiger partial charge in [0.1, 0.15) is 9.84 Å². The molecule has 2 heterocycles. The molecule has 0 aromatic rings. The van der Waals surface area contributed by atoms with Gasteiger partial charge in [0.05, 0.1) is 16.8 Å². The molecule has 8 heteroatoms. The van der Waals surface area contributed by atoms with Crippen molar-refractivity contribution in [3.8, 4) is 0 Å². The van der Waals surface area contributed by atoms with Crippen LogP contribution in [0.2, 0.25) is 0 Å². The van der Waals surface area contributed by atoms with Crippen LogP contribution in [0.5, 0.6) is 0 Å². The van der Waals surface area contributed by atoms with Crippen LogP contribution in [0.25, 0.3) is 0 Å². The highest BCUT2D eigenvalue weighted by Crippen LogP contribution is 2.38. The van der Waals surface area contributed by atoms with Gasteiger partial charge in [-0.3, -0.25) is 0 Å². The lowest BCUT2D eigenvalue weighted by molar-refractivity contribution is 0.271. The van der Waals surface area contributed by atoms with Gasteiger partial charge in [-0.2, -0.15) is 0 Å². The van der Waals surface area contributed by atoms with Crippen molar-refractivity contribution in [3.63, 3.8) is 0 Å². The van der Waals surface area contributed by atoms with Gasteiger partial charge in [-0.25, -0.2) is 21.1 Å². The molecular formula is C13H24N2O4S2. The van der Waals surface area contributed by atoms with Gasteiger partial charge in [0.25, 0.3) is 0 Å². The summed E-state index contributed by atoms with van der Waals surface area (Å²) in [5.74, 6) is 0.827. The third-order valence-corrected chi connectivity index (χ3v) is 9.39. The fourth-order valence-corrected chi connectivity index (χ4v) is 7.85. The third-order valence-electron chi connectivity index (χ3n) is 5.34. The quantitative estimate of drug-likeness (QED) is 0.762. The van der Waals surface area contributed by atoms with Gasteiger partial charge < -0.3 is 5.73 Å². The Kier molecular flexibility index (Phi) is 4.09. The van der Waals surface area contributed by atoms with Crippen LogP contribution < -0.4 is 5.73 Å². The second kappa shape index (κ2) is 5.47. The molecule has 3 aliphatic rings. The molecule has 2 saturated heterocycles. The van der Waals surface area contributed by atoms with Gasteiger partial charge >= 0.3 is 0 Å². The molecule has 1 saturated carbocycles. The maximum Gasteiger partial charge on any atom is 0.217 e. The summed E-state index contributed by atoms with van der Waals surface area (Å²) in [5.41, 5.74) is 5.98. The van der Waals surface area contributed by atoms with Crippen molar-refractivity contribution in [2.24, 2.45) is 17.6 Å². The van der Waals surface area contributed by atoms with Crippen LogP contribution in [0.4, 0.5) is 0 Å². The van der Waals surface area contributed by atoms with E-state index in [9.17, 15) is 16.8 Å².